The molecule has 3 heterocycles. The van der Waals surface area contributed by atoms with Gasteiger partial charge in [-0.25, -0.2) is 8.42 Å². The zero-order valence-electron chi connectivity index (χ0n) is 15.9. The van der Waals surface area contributed by atoms with Crippen LogP contribution in [0.4, 0.5) is 0 Å². The molecule has 1 atom stereocenters. The van der Waals surface area contributed by atoms with Crippen LogP contribution >= 0.6 is 0 Å². The van der Waals surface area contributed by atoms with Crippen LogP contribution in [0, 0.1) is 0 Å². The van der Waals surface area contributed by atoms with Gasteiger partial charge in [0.15, 0.2) is 5.69 Å². The van der Waals surface area contributed by atoms with Crippen molar-refractivity contribution in [2.75, 3.05) is 38.6 Å². The predicted molar refractivity (Wildman–Crippen MR) is 99.8 cm³/mol. The van der Waals surface area contributed by atoms with Gasteiger partial charge in [-0.15, -0.1) is 5.10 Å². The van der Waals surface area contributed by atoms with Gasteiger partial charge in [-0.05, 0) is 25.7 Å². The summed E-state index contributed by atoms with van der Waals surface area (Å²) in [4.78, 5) is 14.2. The summed E-state index contributed by atoms with van der Waals surface area (Å²) in [5, 5.41) is 8.06. The molecule has 0 N–H and O–H groups in total. The van der Waals surface area contributed by atoms with Crippen molar-refractivity contribution in [3.8, 4) is 0 Å². The molecule has 0 aliphatic carbocycles. The molecule has 1 aromatic heterocycles. The lowest BCUT2D eigenvalue weighted by molar-refractivity contribution is 0.0299. The fourth-order valence-electron chi connectivity index (χ4n) is 3.72. The second kappa shape index (κ2) is 9.11. The van der Waals surface area contributed by atoms with Crippen LogP contribution in [0.15, 0.2) is 6.20 Å². The number of carbonyl (C=O) groups is 1. The number of aromatic nitrogens is 3. The minimum Gasteiger partial charge on any atom is -0.378 e. The highest BCUT2D eigenvalue weighted by atomic mass is 32.2. The molecule has 3 rings (SSSR count). The van der Waals surface area contributed by atoms with Gasteiger partial charge in [0.25, 0.3) is 5.91 Å². The molecule has 152 valence electrons. The SMILES string of the molecule is CCCS(=O)(=O)N1CCCCC1CCn1cc(C(=O)N2CCOCC2)nn1. The normalized spacial score (nSPS) is 22.1. The fourth-order valence-corrected chi connectivity index (χ4v) is 5.54. The topological polar surface area (TPSA) is 97.6 Å². The molecule has 1 aromatic rings. The number of nitrogens with zero attached hydrogens (tertiary/aromatic N) is 5. The third-order valence-corrected chi connectivity index (χ3v) is 7.26. The first-order valence-electron chi connectivity index (χ1n) is 9.78. The lowest BCUT2D eigenvalue weighted by Crippen LogP contribution is -2.45. The molecule has 0 aromatic carbocycles. The van der Waals surface area contributed by atoms with Crippen LogP contribution in [0.2, 0.25) is 0 Å². The van der Waals surface area contributed by atoms with Gasteiger partial charge >= 0.3 is 0 Å². The van der Waals surface area contributed by atoms with E-state index in [1.807, 2.05) is 6.92 Å². The molecule has 0 bridgehead atoms. The van der Waals surface area contributed by atoms with Crippen molar-refractivity contribution in [1.29, 1.82) is 0 Å². The molecule has 27 heavy (non-hydrogen) atoms. The summed E-state index contributed by atoms with van der Waals surface area (Å²) in [6.07, 6.45) is 5.80. The Labute approximate surface area is 160 Å². The zero-order valence-corrected chi connectivity index (χ0v) is 16.7. The molecule has 2 fully saturated rings. The first-order chi connectivity index (χ1) is 13.0. The fraction of sp³-hybridized carbons (Fsp3) is 0.824. The van der Waals surface area contributed by atoms with Gasteiger partial charge in [0.05, 0.1) is 25.2 Å². The van der Waals surface area contributed by atoms with Crippen LogP contribution in [0.3, 0.4) is 0 Å². The van der Waals surface area contributed by atoms with Crippen LogP contribution in [0.25, 0.3) is 0 Å². The average molecular weight is 400 g/mol. The molecule has 0 saturated carbocycles. The van der Waals surface area contributed by atoms with Gasteiger partial charge in [0.1, 0.15) is 0 Å². The first-order valence-corrected chi connectivity index (χ1v) is 11.4. The second-order valence-electron chi connectivity index (χ2n) is 7.14. The summed E-state index contributed by atoms with van der Waals surface area (Å²) >= 11 is 0. The van der Waals surface area contributed by atoms with Gasteiger partial charge in [-0.2, -0.15) is 4.31 Å². The summed E-state index contributed by atoms with van der Waals surface area (Å²) in [7, 11) is -3.19. The smallest absolute Gasteiger partial charge is 0.276 e. The van der Waals surface area contributed by atoms with Gasteiger partial charge in [0.2, 0.25) is 10.0 Å². The van der Waals surface area contributed by atoms with E-state index in [9.17, 15) is 13.2 Å². The number of rotatable bonds is 7. The lowest BCUT2D eigenvalue weighted by Gasteiger charge is -2.34. The summed E-state index contributed by atoms with van der Waals surface area (Å²) in [5.74, 6) is 0.0692. The molecular weight excluding hydrogens is 370 g/mol. The van der Waals surface area contributed by atoms with E-state index in [1.165, 1.54) is 0 Å². The van der Waals surface area contributed by atoms with E-state index < -0.39 is 10.0 Å². The van der Waals surface area contributed by atoms with Crippen molar-refractivity contribution in [3.05, 3.63) is 11.9 Å². The Morgan fingerprint density at radius 3 is 2.78 bits per heavy atom. The Bertz CT molecular complexity index is 729. The largest absolute Gasteiger partial charge is 0.378 e. The quantitative estimate of drug-likeness (QED) is 0.671. The van der Waals surface area contributed by atoms with Gasteiger partial charge in [-0.3, -0.25) is 9.48 Å². The van der Waals surface area contributed by atoms with E-state index >= 15 is 0 Å². The van der Waals surface area contributed by atoms with Gasteiger partial charge in [0, 0.05) is 32.2 Å². The summed E-state index contributed by atoms with van der Waals surface area (Å²) < 4.78 is 33.6. The third kappa shape index (κ3) is 5.05. The van der Waals surface area contributed by atoms with E-state index in [1.54, 1.807) is 20.1 Å². The van der Waals surface area contributed by atoms with E-state index in [-0.39, 0.29) is 17.7 Å². The molecule has 0 spiro atoms. The highest BCUT2D eigenvalue weighted by Gasteiger charge is 2.31. The molecular formula is C17H29N5O4S. The first kappa shape index (κ1) is 20.2. The highest BCUT2D eigenvalue weighted by molar-refractivity contribution is 7.89. The van der Waals surface area contributed by atoms with Crippen molar-refractivity contribution in [3.63, 3.8) is 0 Å². The third-order valence-electron chi connectivity index (χ3n) is 5.14. The van der Waals surface area contributed by atoms with Crippen molar-refractivity contribution in [2.45, 2.75) is 51.6 Å². The number of ether oxygens (including phenoxy) is 1. The van der Waals surface area contributed by atoms with Gasteiger partial charge < -0.3 is 9.64 Å². The van der Waals surface area contributed by atoms with E-state index in [2.05, 4.69) is 10.3 Å². The molecule has 2 aliphatic heterocycles. The number of sulfonamides is 1. The monoisotopic (exact) mass is 399 g/mol. The molecule has 9 nitrogen and oxygen atoms in total. The Kier molecular flexibility index (Phi) is 6.83. The van der Waals surface area contributed by atoms with Crippen molar-refractivity contribution in [2.24, 2.45) is 0 Å². The number of carbonyl (C=O) groups excluding carboxylic acids is 1. The van der Waals surface area contributed by atoms with Crippen molar-refractivity contribution < 1.29 is 17.9 Å². The minimum atomic E-state index is -3.19. The van der Waals surface area contributed by atoms with Crippen molar-refractivity contribution >= 4 is 15.9 Å². The number of morpholine rings is 1. The summed E-state index contributed by atoms with van der Waals surface area (Å²) in [6.45, 7) is 5.26. The number of hydrogen-bond donors (Lipinski definition) is 0. The molecule has 0 radical (unpaired) electrons. The molecule has 2 aliphatic rings. The zero-order chi connectivity index (χ0) is 19.3. The van der Waals surface area contributed by atoms with Crippen LogP contribution in [0.5, 0.6) is 0 Å². The average Bonchev–Trinajstić information content (AvgIpc) is 3.15. The van der Waals surface area contributed by atoms with E-state index in [0.717, 1.165) is 19.3 Å². The lowest BCUT2D eigenvalue weighted by atomic mass is 10.0. The molecule has 1 unspecified atom stereocenters. The Hall–Kier alpha value is -1.52. The molecule has 2 saturated heterocycles. The Morgan fingerprint density at radius 1 is 1.26 bits per heavy atom. The molecule has 1 amide bonds. The van der Waals surface area contributed by atoms with Gasteiger partial charge in [-0.1, -0.05) is 18.6 Å². The number of aryl methyl sites for hydroxylation is 1. The summed E-state index contributed by atoms with van der Waals surface area (Å²) in [5.41, 5.74) is 0.330. The summed E-state index contributed by atoms with van der Waals surface area (Å²) in [6, 6.07) is -0.00195. The van der Waals surface area contributed by atoms with E-state index in [4.69, 9.17) is 4.74 Å². The Morgan fingerprint density at radius 2 is 2.04 bits per heavy atom. The highest BCUT2D eigenvalue weighted by Crippen LogP contribution is 2.24. The van der Waals surface area contributed by atoms with Crippen LogP contribution in [0.1, 0.15) is 49.5 Å². The number of amides is 1. The maximum atomic E-state index is 12.5. The standard InChI is InChI=1S/C17H29N5O4S/c1-2-13-27(24,25)22-7-4-3-5-15(22)6-8-21-14-16(18-19-21)17(23)20-9-11-26-12-10-20/h14-15H,2-13H2,1H3. The van der Waals surface area contributed by atoms with Crippen molar-refractivity contribution in [1.82, 2.24) is 24.2 Å². The second-order valence-corrected chi connectivity index (χ2v) is 9.18. The minimum absolute atomic E-state index is 0.00195. The van der Waals surface area contributed by atoms with Crippen LogP contribution < -0.4 is 0 Å². The van der Waals surface area contributed by atoms with Crippen LogP contribution in [-0.4, -0.2) is 83.2 Å². The molecule has 10 heteroatoms. The van der Waals surface area contributed by atoms with Crippen LogP contribution in [-0.2, 0) is 21.3 Å². The predicted octanol–water partition coefficient (Wildman–Crippen LogP) is 0.735. The Balaban J connectivity index is 1.59. The number of hydrogen-bond acceptors (Lipinski definition) is 6. The maximum Gasteiger partial charge on any atom is 0.276 e. The number of piperidine rings is 1. The van der Waals surface area contributed by atoms with E-state index in [0.29, 0.717) is 57.9 Å². The maximum absolute atomic E-state index is 12.5.